The molecule has 3 nitrogen and oxygen atoms in total. The number of hydrogen-bond donors (Lipinski definition) is 1. The van der Waals surface area contributed by atoms with E-state index in [1.807, 2.05) is 0 Å². The van der Waals surface area contributed by atoms with Gasteiger partial charge in [-0.3, -0.25) is 9.69 Å². The molecular weight excluding hydrogens is 296 g/mol. The highest BCUT2D eigenvalue weighted by atomic mass is 16.1. The van der Waals surface area contributed by atoms with Gasteiger partial charge < -0.3 is 5.32 Å². The summed E-state index contributed by atoms with van der Waals surface area (Å²) in [5.41, 5.74) is 6.18. The Balaban J connectivity index is 1.56. The quantitative estimate of drug-likeness (QED) is 0.904. The van der Waals surface area contributed by atoms with Gasteiger partial charge in [-0.2, -0.15) is 0 Å². The van der Waals surface area contributed by atoms with E-state index in [0.29, 0.717) is 6.42 Å². The first-order valence-corrected chi connectivity index (χ1v) is 8.85. The molecule has 3 heteroatoms. The van der Waals surface area contributed by atoms with E-state index < -0.39 is 0 Å². The van der Waals surface area contributed by atoms with Gasteiger partial charge in [0.05, 0.1) is 0 Å². The molecule has 0 unspecified atom stereocenters. The molecule has 2 aromatic rings. The average Bonchev–Trinajstić information content (AvgIpc) is 2.61. The molecule has 0 fully saturated rings. The maximum atomic E-state index is 12.4. The fourth-order valence-electron chi connectivity index (χ4n) is 3.41. The fraction of sp³-hybridized carbons (Fsp3) is 0.381. The van der Waals surface area contributed by atoms with E-state index in [1.54, 1.807) is 0 Å². The zero-order valence-electron chi connectivity index (χ0n) is 14.6. The number of amides is 1. The Labute approximate surface area is 144 Å². The van der Waals surface area contributed by atoms with Crippen molar-refractivity contribution in [3.63, 3.8) is 0 Å². The maximum absolute atomic E-state index is 12.4. The standard InChI is InChI=1S/C21H26N2O/c1-3-17-10-6-7-16(2)21(17)22-20(24)12-14-23-13-11-18-8-4-5-9-19(18)15-23/h4-10H,3,11-15H2,1-2H3,(H,22,24). The van der Waals surface area contributed by atoms with Crippen molar-refractivity contribution in [1.82, 2.24) is 4.90 Å². The molecule has 1 aliphatic rings. The normalized spacial score (nSPS) is 14.2. The van der Waals surface area contributed by atoms with E-state index in [1.165, 1.54) is 16.7 Å². The van der Waals surface area contributed by atoms with Crippen LogP contribution in [0.4, 0.5) is 5.69 Å². The van der Waals surface area contributed by atoms with Crippen LogP contribution in [0.25, 0.3) is 0 Å². The fourth-order valence-corrected chi connectivity index (χ4v) is 3.41. The largest absolute Gasteiger partial charge is 0.326 e. The number of rotatable bonds is 5. The lowest BCUT2D eigenvalue weighted by molar-refractivity contribution is -0.116. The van der Waals surface area contributed by atoms with Crippen LogP contribution in [-0.2, 0) is 24.2 Å². The van der Waals surface area contributed by atoms with E-state index in [9.17, 15) is 4.79 Å². The highest BCUT2D eigenvalue weighted by Crippen LogP contribution is 2.22. The van der Waals surface area contributed by atoms with Gasteiger partial charge in [-0.1, -0.05) is 49.4 Å². The lowest BCUT2D eigenvalue weighted by atomic mass is 10.00. The predicted octanol–water partition coefficient (Wildman–Crippen LogP) is 3.94. The lowest BCUT2D eigenvalue weighted by Gasteiger charge is -2.28. The van der Waals surface area contributed by atoms with Crippen LogP contribution < -0.4 is 5.32 Å². The number of hydrogen-bond acceptors (Lipinski definition) is 2. The second-order valence-electron chi connectivity index (χ2n) is 6.56. The average molecular weight is 322 g/mol. The highest BCUT2D eigenvalue weighted by molar-refractivity contribution is 5.92. The molecular formula is C21H26N2O. The summed E-state index contributed by atoms with van der Waals surface area (Å²) in [4.78, 5) is 14.8. The summed E-state index contributed by atoms with van der Waals surface area (Å²) in [6.07, 6.45) is 2.55. The molecule has 0 saturated carbocycles. The second kappa shape index (κ2) is 7.63. The smallest absolute Gasteiger partial charge is 0.225 e. The number of aryl methyl sites for hydroxylation is 2. The van der Waals surface area contributed by atoms with Gasteiger partial charge in [0.25, 0.3) is 0 Å². The van der Waals surface area contributed by atoms with E-state index in [4.69, 9.17) is 0 Å². The van der Waals surface area contributed by atoms with E-state index >= 15 is 0 Å². The molecule has 1 N–H and O–H groups in total. The van der Waals surface area contributed by atoms with Crippen molar-refractivity contribution in [2.45, 2.75) is 39.7 Å². The number of anilines is 1. The van der Waals surface area contributed by atoms with Gasteiger partial charge in [-0.05, 0) is 42.0 Å². The van der Waals surface area contributed by atoms with Gasteiger partial charge in [0, 0.05) is 31.7 Å². The van der Waals surface area contributed by atoms with Crippen LogP contribution >= 0.6 is 0 Å². The van der Waals surface area contributed by atoms with Crippen LogP contribution in [0.3, 0.4) is 0 Å². The molecule has 0 bridgehead atoms. The molecule has 0 atom stereocenters. The van der Waals surface area contributed by atoms with Crippen LogP contribution in [0.15, 0.2) is 42.5 Å². The van der Waals surface area contributed by atoms with Gasteiger partial charge in [0.15, 0.2) is 0 Å². The monoisotopic (exact) mass is 322 g/mol. The summed E-state index contributed by atoms with van der Waals surface area (Å²) in [6.45, 7) is 6.97. The van der Waals surface area contributed by atoms with Crippen molar-refractivity contribution in [2.24, 2.45) is 0 Å². The Bertz CT molecular complexity index is 724. The maximum Gasteiger partial charge on any atom is 0.225 e. The van der Waals surface area contributed by atoms with Crippen molar-refractivity contribution in [3.8, 4) is 0 Å². The molecule has 0 saturated heterocycles. The zero-order valence-corrected chi connectivity index (χ0v) is 14.6. The number of nitrogens with one attached hydrogen (secondary N) is 1. The summed E-state index contributed by atoms with van der Waals surface area (Å²) in [7, 11) is 0. The van der Waals surface area contributed by atoms with Crippen LogP contribution in [0.2, 0.25) is 0 Å². The molecule has 24 heavy (non-hydrogen) atoms. The van der Waals surface area contributed by atoms with E-state index in [0.717, 1.165) is 43.7 Å². The van der Waals surface area contributed by atoms with Crippen molar-refractivity contribution in [2.75, 3.05) is 18.4 Å². The Morgan fingerprint density at radius 1 is 1.12 bits per heavy atom. The molecule has 1 aliphatic heterocycles. The Morgan fingerprint density at radius 2 is 1.92 bits per heavy atom. The first-order chi connectivity index (χ1) is 11.7. The van der Waals surface area contributed by atoms with Crippen molar-refractivity contribution < 1.29 is 4.79 Å². The van der Waals surface area contributed by atoms with Crippen molar-refractivity contribution in [3.05, 3.63) is 64.7 Å². The summed E-state index contributed by atoms with van der Waals surface area (Å²) in [5.74, 6) is 0.109. The van der Waals surface area contributed by atoms with Crippen molar-refractivity contribution in [1.29, 1.82) is 0 Å². The van der Waals surface area contributed by atoms with Gasteiger partial charge in [-0.25, -0.2) is 0 Å². The minimum Gasteiger partial charge on any atom is -0.326 e. The molecule has 3 rings (SSSR count). The molecule has 1 heterocycles. The van der Waals surface area contributed by atoms with Crippen LogP contribution in [0, 0.1) is 6.92 Å². The van der Waals surface area contributed by atoms with Crippen molar-refractivity contribution >= 4 is 11.6 Å². The number of nitrogens with zero attached hydrogens (tertiary/aromatic N) is 1. The zero-order chi connectivity index (χ0) is 16.9. The topological polar surface area (TPSA) is 32.3 Å². The number of carbonyl (C=O) groups is 1. The summed E-state index contributed by atoms with van der Waals surface area (Å²) in [6, 6.07) is 14.8. The minimum absolute atomic E-state index is 0.109. The SMILES string of the molecule is CCc1cccc(C)c1NC(=O)CCN1CCc2ccccc2C1. The third-order valence-corrected chi connectivity index (χ3v) is 4.87. The lowest BCUT2D eigenvalue weighted by Crippen LogP contribution is -2.33. The van der Waals surface area contributed by atoms with Gasteiger partial charge in [0.1, 0.15) is 0 Å². The third-order valence-electron chi connectivity index (χ3n) is 4.87. The first-order valence-electron chi connectivity index (χ1n) is 8.85. The van der Waals surface area contributed by atoms with E-state index in [-0.39, 0.29) is 5.91 Å². The van der Waals surface area contributed by atoms with Gasteiger partial charge >= 0.3 is 0 Å². The Hall–Kier alpha value is -2.13. The summed E-state index contributed by atoms with van der Waals surface area (Å²) in [5, 5.41) is 3.12. The van der Waals surface area contributed by atoms with Crippen LogP contribution in [0.1, 0.15) is 35.6 Å². The number of para-hydroxylation sites is 1. The minimum atomic E-state index is 0.109. The van der Waals surface area contributed by atoms with Crippen LogP contribution in [0.5, 0.6) is 0 Å². The molecule has 1 amide bonds. The molecule has 2 aromatic carbocycles. The molecule has 126 valence electrons. The second-order valence-corrected chi connectivity index (χ2v) is 6.56. The first kappa shape index (κ1) is 16.7. The predicted molar refractivity (Wildman–Crippen MR) is 99.2 cm³/mol. The Kier molecular flexibility index (Phi) is 5.31. The molecule has 0 radical (unpaired) electrons. The molecule has 0 aliphatic carbocycles. The summed E-state index contributed by atoms with van der Waals surface area (Å²) < 4.78 is 0. The van der Waals surface area contributed by atoms with Gasteiger partial charge in [-0.15, -0.1) is 0 Å². The third kappa shape index (κ3) is 3.85. The van der Waals surface area contributed by atoms with Gasteiger partial charge in [0.2, 0.25) is 5.91 Å². The highest BCUT2D eigenvalue weighted by Gasteiger charge is 2.16. The number of carbonyl (C=O) groups excluding carboxylic acids is 1. The molecule has 0 aromatic heterocycles. The Morgan fingerprint density at radius 3 is 2.71 bits per heavy atom. The number of benzene rings is 2. The summed E-state index contributed by atoms with van der Waals surface area (Å²) >= 11 is 0. The number of fused-ring (bicyclic) bond motifs is 1. The van der Waals surface area contributed by atoms with E-state index in [2.05, 4.69) is 66.5 Å². The van der Waals surface area contributed by atoms with Crippen LogP contribution in [-0.4, -0.2) is 23.9 Å². The molecule has 0 spiro atoms.